The normalized spacial score (nSPS) is 12.5. The molecule has 3 aromatic rings. The fourth-order valence-electron chi connectivity index (χ4n) is 2.57. The summed E-state index contributed by atoms with van der Waals surface area (Å²) in [5.74, 6) is -3.37. The Balaban J connectivity index is 2.39. The molecule has 0 fully saturated rings. The van der Waals surface area contributed by atoms with Crippen molar-refractivity contribution in [2.24, 2.45) is 0 Å². The minimum absolute atomic E-state index is 0.110. The van der Waals surface area contributed by atoms with Crippen LogP contribution in [-0.2, 0) is 0 Å². The van der Waals surface area contributed by atoms with E-state index >= 15 is 0 Å². The minimum atomic E-state index is -1.52. The van der Waals surface area contributed by atoms with Gasteiger partial charge in [-0.2, -0.15) is 0 Å². The van der Waals surface area contributed by atoms with E-state index in [-0.39, 0.29) is 17.0 Å². The van der Waals surface area contributed by atoms with E-state index in [1.165, 1.54) is 12.1 Å². The van der Waals surface area contributed by atoms with Gasteiger partial charge in [-0.15, -0.1) is 0 Å². The Hall–Kier alpha value is -3.00. The molecular formula is C17H13F3N2O3. The number of nitrogens with two attached hydrogens (primary N) is 2. The topological polar surface area (TPSA) is 102 Å². The third kappa shape index (κ3) is 2.60. The van der Waals surface area contributed by atoms with E-state index in [0.29, 0.717) is 0 Å². The van der Waals surface area contributed by atoms with Gasteiger partial charge < -0.3 is 21.0 Å². The molecule has 5 nitrogen and oxygen atoms in total. The maximum absolute atomic E-state index is 14.6. The molecule has 0 aliphatic heterocycles. The summed E-state index contributed by atoms with van der Waals surface area (Å²) in [5, 5.41) is 9.09. The Morgan fingerprint density at radius 1 is 1.12 bits per heavy atom. The summed E-state index contributed by atoms with van der Waals surface area (Å²) < 4.78 is 47.7. The molecule has 5 N–H and O–H groups in total. The SMILES string of the molecule is CC(O)c1c(F)c(N)c2c(=O)cc(-c3ccc(N)c(F)c3)oc2c1F. The fourth-order valence-corrected chi connectivity index (χ4v) is 2.57. The molecule has 1 unspecified atom stereocenters. The predicted octanol–water partition coefficient (Wildman–Crippen LogP) is 3.10. The Kier molecular flexibility index (Phi) is 3.92. The van der Waals surface area contributed by atoms with Crippen molar-refractivity contribution < 1.29 is 22.7 Å². The number of rotatable bonds is 2. The molecule has 3 rings (SSSR count). The maximum atomic E-state index is 14.6. The van der Waals surface area contributed by atoms with Gasteiger partial charge >= 0.3 is 0 Å². The summed E-state index contributed by atoms with van der Waals surface area (Å²) >= 11 is 0. The molecule has 0 aliphatic carbocycles. The van der Waals surface area contributed by atoms with Gasteiger partial charge in [0, 0.05) is 11.6 Å². The third-order valence-electron chi connectivity index (χ3n) is 3.83. The van der Waals surface area contributed by atoms with Gasteiger partial charge in [0.25, 0.3) is 0 Å². The molecule has 2 aromatic carbocycles. The second-order valence-corrected chi connectivity index (χ2v) is 5.55. The van der Waals surface area contributed by atoms with Gasteiger partial charge in [-0.05, 0) is 25.1 Å². The van der Waals surface area contributed by atoms with Crippen LogP contribution in [0.15, 0.2) is 33.5 Å². The smallest absolute Gasteiger partial charge is 0.195 e. The van der Waals surface area contributed by atoms with Crippen LogP contribution in [0.4, 0.5) is 24.5 Å². The summed E-state index contributed by atoms with van der Waals surface area (Å²) in [4.78, 5) is 12.3. The standard InChI is InChI=1S/C17H13F3N2O3/c1-6(23)12-14(19)16(22)13-10(24)5-11(25-17(13)15(12)20)7-2-3-9(21)8(18)4-7/h2-6,23H,21-22H2,1H3. The third-order valence-corrected chi connectivity index (χ3v) is 3.83. The number of aliphatic hydroxyl groups is 1. The van der Waals surface area contributed by atoms with Gasteiger partial charge in [0.15, 0.2) is 22.6 Å². The Morgan fingerprint density at radius 2 is 1.80 bits per heavy atom. The first kappa shape index (κ1) is 16.8. The van der Waals surface area contributed by atoms with Crippen LogP contribution < -0.4 is 16.9 Å². The van der Waals surface area contributed by atoms with Crippen LogP contribution in [0, 0.1) is 17.5 Å². The molecule has 0 aliphatic rings. The molecule has 1 heterocycles. The highest BCUT2D eigenvalue weighted by atomic mass is 19.1. The number of halogens is 3. The van der Waals surface area contributed by atoms with E-state index < -0.39 is 51.2 Å². The monoisotopic (exact) mass is 350 g/mol. The lowest BCUT2D eigenvalue weighted by atomic mass is 10.0. The number of hydrogen-bond donors (Lipinski definition) is 3. The minimum Gasteiger partial charge on any atom is -0.453 e. The van der Waals surface area contributed by atoms with Gasteiger partial charge in [0.2, 0.25) is 0 Å². The van der Waals surface area contributed by atoms with E-state index in [4.69, 9.17) is 15.9 Å². The molecule has 8 heteroatoms. The number of anilines is 2. The number of aliphatic hydroxyl groups excluding tert-OH is 1. The lowest BCUT2D eigenvalue weighted by molar-refractivity contribution is 0.189. The van der Waals surface area contributed by atoms with Crippen LogP contribution in [0.5, 0.6) is 0 Å². The molecule has 1 aromatic heterocycles. The summed E-state index contributed by atoms with van der Waals surface area (Å²) in [7, 11) is 0. The molecular weight excluding hydrogens is 337 g/mol. The first-order valence-electron chi connectivity index (χ1n) is 7.20. The highest BCUT2D eigenvalue weighted by Gasteiger charge is 2.25. The highest BCUT2D eigenvalue weighted by Crippen LogP contribution is 2.34. The zero-order valence-electron chi connectivity index (χ0n) is 12.9. The molecule has 0 saturated heterocycles. The largest absolute Gasteiger partial charge is 0.453 e. The second-order valence-electron chi connectivity index (χ2n) is 5.55. The maximum Gasteiger partial charge on any atom is 0.195 e. The number of fused-ring (bicyclic) bond motifs is 1. The van der Waals surface area contributed by atoms with Gasteiger partial charge in [-0.25, -0.2) is 13.2 Å². The van der Waals surface area contributed by atoms with Gasteiger partial charge in [-0.3, -0.25) is 4.79 Å². The molecule has 0 spiro atoms. The first-order valence-corrected chi connectivity index (χ1v) is 7.20. The van der Waals surface area contributed by atoms with Crippen molar-refractivity contribution in [3.05, 3.63) is 57.5 Å². The van der Waals surface area contributed by atoms with Crippen molar-refractivity contribution in [3.8, 4) is 11.3 Å². The lowest BCUT2D eigenvalue weighted by Crippen LogP contribution is -2.11. The van der Waals surface area contributed by atoms with Gasteiger partial charge in [-0.1, -0.05) is 0 Å². The van der Waals surface area contributed by atoms with Crippen LogP contribution in [0.2, 0.25) is 0 Å². The quantitative estimate of drug-likeness (QED) is 0.616. The van der Waals surface area contributed by atoms with Crippen molar-refractivity contribution in [3.63, 3.8) is 0 Å². The summed E-state index contributed by atoms with van der Waals surface area (Å²) in [6, 6.07) is 4.60. The molecule has 0 saturated carbocycles. The lowest BCUT2D eigenvalue weighted by Gasteiger charge is -2.13. The summed E-state index contributed by atoms with van der Waals surface area (Å²) in [5.41, 5.74) is 8.21. The predicted molar refractivity (Wildman–Crippen MR) is 87.3 cm³/mol. The highest BCUT2D eigenvalue weighted by molar-refractivity contribution is 5.91. The molecule has 25 heavy (non-hydrogen) atoms. The zero-order valence-corrected chi connectivity index (χ0v) is 12.9. The Labute approximate surface area is 139 Å². The average molecular weight is 350 g/mol. The Morgan fingerprint density at radius 3 is 2.40 bits per heavy atom. The van der Waals surface area contributed by atoms with E-state index in [2.05, 4.69) is 0 Å². The van der Waals surface area contributed by atoms with Crippen LogP contribution in [0.25, 0.3) is 22.3 Å². The average Bonchev–Trinajstić information content (AvgIpc) is 2.54. The Bertz CT molecular complexity index is 1060. The van der Waals surface area contributed by atoms with Crippen LogP contribution in [-0.4, -0.2) is 5.11 Å². The molecule has 1 atom stereocenters. The molecule has 0 bridgehead atoms. The van der Waals surface area contributed by atoms with Crippen molar-refractivity contribution in [1.82, 2.24) is 0 Å². The number of hydrogen-bond acceptors (Lipinski definition) is 5. The summed E-state index contributed by atoms with van der Waals surface area (Å²) in [6.45, 7) is 1.14. The van der Waals surface area contributed by atoms with Crippen LogP contribution in [0.3, 0.4) is 0 Å². The van der Waals surface area contributed by atoms with E-state index in [9.17, 15) is 23.1 Å². The summed E-state index contributed by atoms with van der Waals surface area (Å²) in [6.07, 6.45) is -1.52. The van der Waals surface area contributed by atoms with Crippen molar-refractivity contribution in [2.75, 3.05) is 11.5 Å². The number of nitrogen functional groups attached to an aromatic ring is 2. The fraction of sp³-hybridized carbons (Fsp3) is 0.118. The van der Waals surface area contributed by atoms with Crippen LogP contribution >= 0.6 is 0 Å². The van der Waals surface area contributed by atoms with Gasteiger partial charge in [0.1, 0.15) is 11.6 Å². The zero-order chi connectivity index (χ0) is 18.5. The number of benzene rings is 2. The second kappa shape index (κ2) is 5.82. The van der Waals surface area contributed by atoms with E-state index in [0.717, 1.165) is 19.1 Å². The van der Waals surface area contributed by atoms with Crippen molar-refractivity contribution >= 4 is 22.3 Å². The van der Waals surface area contributed by atoms with Gasteiger partial charge in [0.05, 0.1) is 28.4 Å². The van der Waals surface area contributed by atoms with E-state index in [1.807, 2.05) is 0 Å². The van der Waals surface area contributed by atoms with Crippen molar-refractivity contribution in [1.29, 1.82) is 0 Å². The van der Waals surface area contributed by atoms with Crippen LogP contribution in [0.1, 0.15) is 18.6 Å². The molecule has 0 amide bonds. The molecule has 0 radical (unpaired) electrons. The van der Waals surface area contributed by atoms with Crippen molar-refractivity contribution in [2.45, 2.75) is 13.0 Å². The molecule has 130 valence electrons. The first-order chi connectivity index (χ1) is 11.7. The van der Waals surface area contributed by atoms with E-state index in [1.54, 1.807) is 0 Å².